The second kappa shape index (κ2) is 2.32. The number of alkyl halides is 3. The van der Waals surface area contributed by atoms with Crippen molar-refractivity contribution in [1.29, 1.82) is 0 Å². The summed E-state index contributed by atoms with van der Waals surface area (Å²) in [7, 11) is 0. The van der Waals surface area contributed by atoms with Gasteiger partial charge in [0.05, 0.1) is 6.42 Å². The highest BCUT2D eigenvalue weighted by Gasteiger charge is 2.29. The number of hydrogen-bond acceptors (Lipinski definition) is 2. The minimum atomic E-state index is -4.35. The maximum absolute atomic E-state index is 11.1. The molecule has 5 heteroatoms. The Morgan fingerprint density at radius 1 is 1.50 bits per heavy atom. The van der Waals surface area contributed by atoms with E-state index in [2.05, 4.69) is 5.73 Å². The Morgan fingerprint density at radius 3 is 1.88 bits per heavy atom. The number of halogens is 3. The zero-order chi connectivity index (χ0) is 6.78. The average Bonchev–Trinajstić information content (AvgIpc) is 1.21. The molecule has 0 spiro atoms. The van der Waals surface area contributed by atoms with Gasteiger partial charge in [-0.15, -0.1) is 0 Å². The van der Waals surface area contributed by atoms with E-state index in [9.17, 15) is 13.2 Å². The SMILES string of the molecule is NC(O)CC(F)(F)F. The lowest BCUT2D eigenvalue weighted by atomic mass is 10.4. The number of aliphatic hydroxyl groups excluding tert-OH is 1. The molecule has 0 aliphatic rings. The molecule has 0 radical (unpaired) electrons. The van der Waals surface area contributed by atoms with Crippen LogP contribution in [0, 0.1) is 0 Å². The lowest BCUT2D eigenvalue weighted by Crippen LogP contribution is -2.26. The van der Waals surface area contributed by atoms with E-state index >= 15 is 0 Å². The van der Waals surface area contributed by atoms with Gasteiger partial charge < -0.3 is 10.8 Å². The van der Waals surface area contributed by atoms with Crippen LogP contribution in [0.1, 0.15) is 6.42 Å². The molecule has 1 unspecified atom stereocenters. The van der Waals surface area contributed by atoms with Gasteiger partial charge in [0.25, 0.3) is 0 Å². The topological polar surface area (TPSA) is 46.2 Å². The van der Waals surface area contributed by atoms with Crippen LogP contribution in [0.4, 0.5) is 13.2 Å². The Bertz CT molecular complexity index is 69.4. The molecule has 0 amide bonds. The summed E-state index contributed by atoms with van der Waals surface area (Å²) in [4.78, 5) is 0. The monoisotopic (exact) mass is 129 g/mol. The molecular weight excluding hydrogens is 123 g/mol. The second-order valence-electron chi connectivity index (χ2n) is 1.39. The van der Waals surface area contributed by atoms with Crippen LogP contribution >= 0.6 is 0 Å². The lowest BCUT2D eigenvalue weighted by molar-refractivity contribution is -0.152. The molecule has 2 nitrogen and oxygen atoms in total. The molecule has 0 heterocycles. The lowest BCUT2D eigenvalue weighted by Gasteiger charge is -2.06. The van der Waals surface area contributed by atoms with Crippen LogP contribution < -0.4 is 5.73 Å². The molecule has 0 aromatic carbocycles. The van der Waals surface area contributed by atoms with Crippen molar-refractivity contribution in [2.45, 2.75) is 18.8 Å². The molecule has 0 saturated heterocycles. The highest BCUT2D eigenvalue weighted by molar-refractivity contribution is 4.53. The number of nitrogens with two attached hydrogens (primary N) is 1. The molecule has 0 aliphatic carbocycles. The molecule has 1 atom stereocenters. The van der Waals surface area contributed by atoms with Crippen LogP contribution in [-0.2, 0) is 0 Å². The fourth-order valence-electron chi connectivity index (χ4n) is 0.237. The molecule has 0 aromatic heterocycles. The fourth-order valence-corrected chi connectivity index (χ4v) is 0.237. The van der Waals surface area contributed by atoms with Crippen molar-refractivity contribution < 1.29 is 18.3 Å². The Balaban J connectivity index is 3.39. The van der Waals surface area contributed by atoms with Gasteiger partial charge >= 0.3 is 6.18 Å². The van der Waals surface area contributed by atoms with Crippen molar-refractivity contribution >= 4 is 0 Å². The van der Waals surface area contributed by atoms with Crippen LogP contribution in [0.5, 0.6) is 0 Å². The standard InChI is InChI=1S/C3H6F3NO/c4-3(5,6)1-2(7)8/h2,8H,1,7H2. The quantitative estimate of drug-likeness (QED) is 0.497. The fraction of sp³-hybridized carbons (Fsp3) is 1.00. The third-order valence-electron chi connectivity index (χ3n) is 0.441. The summed E-state index contributed by atoms with van der Waals surface area (Å²) in [6.07, 6.45) is -7.48. The van der Waals surface area contributed by atoms with Gasteiger partial charge in [0.1, 0.15) is 6.23 Å². The minimum absolute atomic E-state index is 1.34. The molecule has 0 rings (SSSR count). The summed E-state index contributed by atoms with van der Waals surface area (Å²) < 4.78 is 33.2. The van der Waals surface area contributed by atoms with E-state index in [1.165, 1.54) is 0 Å². The van der Waals surface area contributed by atoms with Crippen LogP contribution in [0.15, 0.2) is 0 Å². The van der Waals surface area contributed by atoms with Gasteiger partial charge in [-0.05, 0) is 0 Å². The molecule has 8 heavy (non-hydrogen) atoms. The van der Waals surface area contributed by atoms with Crippen molar-refractivity contribution in [3.05, 3.63) is 0 Å². The normalized spacial score (nSPS) is 16.1. The van der Waals surface area contributed by atoms with Crippen LogP contribution in [0.3, 0.4) is 0 Å². The van der Waals surface area contributed by atoms with Gasteiger partial charge in [0, 0.05) is 0 Å². The molecule has 0 aliphatic heterocycles. The van der Waals surface area contributed by atoms with Crippen molar-refractivity contribution in [3.63, 3.8) is 0 Å². The molecular formula is C3H6F3NO. The van der Waals surface area contributed by atoms with Crippen molar-refractivity contribution in [2.75, 3.05) is 0 Å². The highest BCUT2D eigenvalue weighted by Crippen LogP contribution is 2.19. The predicted molar refractivity (Wildman–Crippen MR) is 20.9 cm³/mol. The predicted octanol–water partition coefficient (Wildman–Crippen LogP) is 0.216. The highest BCUT2D eigenvalue weighted by atomic mass is 19.4. The van der Waals surface area contributed by atoms with E-state index in [0.717, 1.165) is 0 Å². The first-order valence-corrected chi connectivity index (χ1v) is 1.92. The Kier molecular flexibility index (Phi) is 2.24. The maximum Gasteiger partial charge on any atom is 0.392 e. The van der Waals surface area contributed by atoms with Crippen LogP contribution in [0.25, 0.3) is 0 Å². The van der Waals surface area contributed by atoms with Gasteiger partial charge in [-0.1, -0.05) is 0 Å². The first-order chi connectivity index (χ1) is 3.42. The molecule has 0 fully saturated rings. The summed E-state index contributed by atoms with van der Waals surface area (Å²) in [6, 6.07) is 0. The first-order valence-electron chi connectivity index (χ1n) is 1.92. The summed E-state index contributed by atoms with van der Waals surface area (Å²) in [5.41, 5.74) is 4.41. The Labute approximate surface area is 44.1 Å². The molecule has 50 valence electrons. The summed E-state index contributed by atoms with van der Waals surface area (Å²) >= 11 is 0. The van der Waals surface area contributed by atoms with E-state index < -0.39 is 18.8 Å². The molecule has 0 bridgehead atoms. The van der Waals surface area contributed by atoms with E-state index in [1.54, 1.807) is 0 Å². The molecule has 0 aromatic rings. The third-order valence-corrected chi connectivity index (χ3v) is 0.441. The average molecular weight is 129 g/mol. The second-order valence-corrected chi connectivity index (χ2v) is 1.39. The number of rotatable bonds is 1. The maximum atomic E-state index is 11.1. The number of aliphatic hydroxyl groups is 1. The van der Waals surface area contributed by atoms with Gasteiger partial charge in [-0.25, -0.2) is 0 Å². The van der Waals surface area contributed by atoms with E-state index in [-0.39, 0.29) is 0 Å². The first kappa shape index (κ1) is 7.71. The summed E-state index contributed by atoms with van der Waals surface area (Å²) in [5, 5.41) is 7.95. The van der Waals surface area contributed by atoms with E-state index in [0.29, 0.717) is 0 Å². The summed E-state index contributed by atoms with van der Waals surface area (Å²) in [6.45, 7) is 0. The van der Waals surface area contributed by atoms with E-state index in [4.69, 9.17) is 5.11 Å². The van der Waals surface area contributed by atoms with Crippen molar-refractivity contribution in [1.82, 2.24) is 0 Å². The van der Waals surface area contributed by atoms with Gasteiger partial charge in [0.2, 0.25) is 0 Å². The van der Waals surface area contributed by atoms with Crippen molar-refractivity contribution in [2.24, 2.45) is 5.73 Å². The largest absolute Gasteiger partial charge is 0.392 e. The Hall–Kier alpha value is -0.290. The zero-order valence-electron chi connectivity index (χ0n) is 3.94. The third kappa shape index (κ3) is 5.71. The van der Waals surface area contributed by atoms with Gasteiger partial charge in [-0.2, -0.15) is 13.2 Å². The van der Waals surface area contributed by atoms with Crippen molar-refractivity contribution in [3.8, 4) is 0 Å². The van der Waals surface area contributed by atoms with Gasteiger partial charge in [-0.3, -0.25) is 0 Å². The molecule has 0 saturated carbocycles. The van der Waals surface area contributed by atoms with Crippen LogP contribution in [0.2, 0.25) is 0 Å². The van der Waals surface area contributed by atoms with Crippen LogP contribution in [-0.4, -0.2) is 17.5 Å². The summed E-state index contributed by atoms with van der Waals surface area (Å²) in [5.74, 6) is 0. The zero-order valence-corrected chi connectivity index (χ0v) is 3.94. The molecule has 3 N–H and O–H groups in total. The number of hydrogen-bond donors (Lipinski definition) is 2. The van der Waals surface area contributed by atoms with E-state index in [1.807, 2.05) is 0 Å². The smallest absolute Gasteiger partial charge is 0.378 e. The minimum Gasteiger partial charge on any atom is -0.378 e. The Morgan fingerprint density at radius 2 is 1.88 bits per heavy atom. The van der Waals surface area contributed by atoms with Gasteiger partial charge in [0.15, 0.2) is 0 Å².